The molecule has 0 N–H and O–H groups in total. The Balaban J connectivity index is 3.88. The van der Waals surface area contributed by atoms with E-state index in [4.69, 9.17) is 11.6 Å². The Morgan fingerprint density at radius 3 is 1.92 bits per heavy atom. The molecule has 0 fully saturated rings. The van der Waals surface area contributed by atoms with Crippen LogP contribution in [0.3, 0.4) is 0 Å². The normalized spacial score (nSPS) is 13.5. The zero-order chi connectivity index (χ0) is 9.83. The van der Waals surface area contributed by atoms with Gasteiger partial charge in [0, 0.05) is 5.88 Å². The quantitative estimate of drug-likeness (QED) is 0.395. The van der Waals surface area contributed by atoms with Crippen LogP contribution in [-0.2, 0) is 4.74 Å². The van der Waals surface area contributed by atoms with Gasteiger partial charge < -0.3 is 4.74 Å². The molecule has 0 unspecified atom stereocenters. The van der Waals surface area contributed by atoms with E-state index in [2.05, 4.69) is 4.74 Å². The van der Waals surface area contributed by atoms with E-state index in [0.717, 1.165) is 0 Å². The third kappa shape index (κ3) is 3.53. The van der Waals surface area contributed by atoms with Crippen molar-refractivity contribution in [3.8, 4) is 0 Å². The standard InChI is InChI=1S/C5H6ClF5O/c6-1-2-12-3-4(7,8)5(9,10)11/h1-3H2. The lowest BCUT2D eigenvalue weighted by Gasteiger charge is -2.18. The Labute approximate surface area is 70.4 Å². The fourth-order valence-electron chi connectivity index (χ4n) is 0.337. The molecule has 0 aliphatic rings. The van der Waals surface area contributed by atoms with Crippen molar-refractivity contribution in [3.05, 3.63) is 0 Å². The van der Waals surface area contributed by atoms with Crippen LogP contribution in [0.4, 0.5) is 22.0 Å². The summed E-state index contributed by atoms with van der Waals surface area (Å²) >= 11 is 4.99. The number of rotatable bonds is 4. The van der Waals surface area contributed by atoms with Crippen LogP contribution < -0.4 is 0 Å². The summed E-state index contributed by atoms with van der Waals surface area (Å²) in [4.78, 5) is 0. The number of ether oxygens (including phenoxy) is 1. The Kier molecular flexibility index (Phi) is 4.19. The average Bonchev–Trinajstić information content (AvgIpc) is 1.85. The van der Waals surface area contributed by atoms with Gasteiger partial charge >= 0.3 is 12.1 Å². The van der Waals surface area contributed by atoms with Gasteiger partial charge in [-0.15, -0.1) is 11.6 Å². The highest BCUT2D eigenvalue weighted by Gasteiger charge is 2.57. The van der Waals surface area contributed by atoms with E-state index in [1.807, 2.05) is 0 Å². The third-order valence-corrected chi connectivity index (χ3v) is 1.07. The van der Waals surface area contributed by atoms with E-state index in [1.54, 1.807) is 0 Å². The fraction of sp³-hybridized carbons (Fsp3) is 1.00. The molecule has 74 valence electrons. The zero-order valence-electron chi connectivity index (χ0n) is 5.80. The average molecular weight is 213 g/mol. The minimum atomic E-state index is -5.56. The van der Waals surface area contributed by atoms with Crippen LogP contribution in [0, 0.1) is 0 Å². The molecule has 0 amide bonds. The van der Waals surface area contributed by atoms with Gasteiger partial charge in [0.15, 0.2) is 0 Å². The summed E-state index contributed by atoms with van der Waals surface area (Å²) in [5.41, 5.74) is 0. The van der Waals surface area contributed by atoms with Gasteiger partial charge in [0.25, 0.3) is 0 Å². The summed E-state index contributed by atoms with van der Waals surface area (Å²) in [5, 5.41) is 0. The van der Waals surface area contributed by atoms with Gasteiger partial charge in [-0.25, -0.2) is 0 Å². The van der Waals surface area contributed by atoms with E-state index in [1.165, 1.54) is 0 Å². The maximum Gasteiger partial charge on any atom is 0.455 e. The summed E-state index contributed by atoms with van der Waals surface area (Å²) in [6.45, 7) is -2.00. The Hall–Kier alpha value is -0.100. The number of hydrogen-bond acceptors (Lipinski definition) is 1. The first-order valence-electron chi connectivity index (χ1n) is 2.89. The van der Waals surface area contributed by atoms with Crippen molar-refractivity contribution in [1.29, 1.82) is 0 Å². The highest BCUT2D eigenvalue weighted by Crippen LogP contribution is 2.35. The van der Waals surface area contributed by atoms with Crippen LogP contribution in [0.1, 0.15) is 0 Å². The molecule has 0 bridgehead atoms. The molecule has 0 rings (SSSR count). The van der Waals surface area contributed by atoms with Gasteiger partial charge in [0.1, 0.15) is 6.61 Å². The largest absolute Gasteiger partial charge is 0.455 e. The highest BCUT2D eigenvalue weighted by atomic mass is 35.5. The molecule has 0 aromatic carbocycles. The van der Waals surface area contributed by atoms with Gasteiger partial charge in [0.05, 0.1) is 6.61 Å². The summed E-state index contributed by atoms with van der Waals surface area (Å²) in [6, 6.07) is 0. The van der Waals surface area contributed by atoms with Crippen molar-refractivity contribution in [3.63, 3.8) is 0 Å². The lowest BCUT2D eigenvalue weighted by Crippen LogP contribution is -2.40. The van der Waals surface area contributed by atoms with E-state index < -0.39 is 18.7 Å². The van der Waals surface area contributed by atoms with Crippen molar-refractivity contribution >= 4 is 11.6 Å². The number of alkyl halides is 6. The lowest BCUT2D eigenvalue weighted by molar-refractivity contribution is -0.296. The molecule has 0 saturated carbocycles. The second-order valence-corrected chi connectivity index (χ2v) is 2.32. The maximum atomic E-state index is 12.0. The summed E-state index contributed by atoms with van der Waals surface area (Å²) < 4.78 is 62.1. The van der Waals surface area contributed by atoms with E-state index >= 15 is 0 Å². The minimum absolute atomic E-state index is 0.117. The van der Waals surface area contributed by atoms with Gasteiger partial charge in [-0.05, 0) is 0 Å². The van der Waals surface area contributed by atoms with Crippen molar-refractivity contribution < 1.29 is 26.7 Å². The Morgan fingerprint density at radius 2 is 1.58 bits per heavy atom. The molecule has 1 nitrogen and oxygen atoms in total. The molecule has 7 heteroatoms. The molecule has 0 aromatic heterocycles. The van der Waals surface area contributed by atoms with Crippen molar-refractivity contribution in [2.75, 3.05) is 19.1 Å². The van der Waals surface area contributed by atoms with Crippen molar-refractivity contribution in [2.45, 2.75) is 12.1 Å². The summed E-state index contributed by atoms with van der Waals surface area (Å²) in [5.74, 6) is -4.91. The van der Waals surface area contributed by atoms with E-state index in [-0.39, 0.29) is 12.5 Å². The summed E-state index contributed by atoms with van der Waals surface area (Å²) in [6.07, 6.45) is -5.56. The second-order valence-electron chi connectivity index (χ2n) is 1.94. The molecule has 0 atom stereocenters. The molecule has 0 aliphatic carbocycles. The highest BCUT2D eigenvalue weighted by molar-refractivity contribution is 6.17. The molecule has 12 heavy (non-hydrogen) atoms. The SMILES string of the molecule is FC(F)(F)C(F)(F)COCCCl. The maximum absolute atomic E-state index is 12.0. The van der Waals surface area contributed by atoms with Gasteiger partial charge in [-0.3, -0.25) is 0 Å². The van der Waals surface area contributed by atoms with Crippen LogP contribution in [0.15, 0.2) is 0 Å². The monoisotopic (exact) mass is 212 g/mol. The minimum Gasteiger partial charge on any atom is -0.374 e. The van der Waals surface area contributed by atoms with Crippen LogP contribution in [-0.4, -0.2) is 31.2 Å². The molecule has 0 heterocycles. The number of hydrogen-bond donors (Lipinski definition) is 0. The molecule has 0 spiro atoms. The van der Waals surface area contributed by atoms with Crippen molar-refractivity contribution in [2.24, 2.45) is 0 Å². The lowest BCUT2D eigenvalue weighted by atomic mass is 10.3. The van der Waals surface area contributed by atoms with Gasteiger partial charge in [-0.1, -0.05) is 0 Å². The van der Waals surface area contributed by atoms with E-state index in [9.17, 15) is 22.0 Å². The Bertz CT molecular complexity index is 134. The molecule has 0 aromatic rings. The smallest absolute Gasteiger partial charge is 0.374 e. The van der Waals surface area contributed by atoms with Crippen LogP contribution in [0.25, 0.3) is 0 Å². The molecule has 0 saturated heterocycles. The Morgan fingerprint density at radius 1 is 1.08 bits per heavy atom. The summed E-state index contributed by atoms with van der Waals surface area (Å²) in [7, 11) is 0. The van der Waals surface area contributed by atoms with E-state index in [0.29, 0.717) is 0 Å². The van der Waals surface area contributed by atoms with Crippen LogP contribution in [0.5, 0.6) is 0 Å². The predicted octanol–water partition coefficient (Wildman–Crippen LogP) is 2.44. The zero-order valence-corrected chi connectivity index (χ0v) is 6.55. The second kappa shape index (κ2) is 4.23. The first-order chi connectivity index (χ1) is 5.31. The van der Waals surface area contributed by atoms with Crippen LogP contribution >= 0.6 is 11.6 Å². The first-order valence-corrected chi connectivity index (χ1v) is 3.43. The molecular weight excluding hydrogens is 206 g/mol. The number of halogens is 6. The van der Waals surface area contributed by atoms with Gasteiger partial charge in [0.2, 0.25) is 0 Å². The van der Waals surface area contributed by atoms with Crippen molar-refractivity contribution in [1.82, 2.24) is 0 Å². The molecule has 0 radical (unpaired) electrons. The van der Waals surface area contributed by atoms with Gasteiger partial charge in [-0.2, -0.15) is 22.0 Å². The molecular formula is C5H6ClF5O. The first kappa shape index (κ1) is 11.9. The predicted molar refractivity (Wildman–Crippen MR) is 32.5 cm³/mol. The fourth-order valence-corrected chi connectivity index (χ4v) is 0.446. The van der Waals surface area contributed by atoms with Crippen LogP contribution in [0.2, 0.25) is 0 Å². The topological polar surface area (TPSA) is 9.23 Å². The molecule has 0 aliphatic heterocycles. The third-order valence-electron chi connectivity index (χ3n) is 0.920.